The van der Waals surface area contributed by atoms with E-state index in [4.69, 9.17) is 9.40 Å². The lowest BCUT2D eigenvalue weighted by atomic mass is 10.1. The summed E-state index contributed by atoms with van der Waals surface area (Å²) in [6.07, 6.45) is 4.69. The zero-order valence-corrected chi connectivity index (χ0v) is 15.9. The number of nitrogens with one attached hydrogen (secondary N) is 1. The minimum Gasteiger partial charge on any atom is -0.465 e. The third kappa shape index (κ3) is 4.45. The number of amides is 1. The lowest BCUT2D eigenvalue weighted by Crippen LogP contribution is -2.20. The van der Waals surface area contributed by atoms with Crippen molar-refractivity contribution in [3.63, 3.8) is 0 Å². The molecule has 0 aliphatic carbocycles. The Hall–Kier alpha value is -3.44. The van der Waals surface area contributed by atoms with Gasteiger partial charge in [-0.05, 0) is 29.8 Å². The van der Waals surface area contributed by atoms with Gasteiger partial charge in [-0.15, -0.1) is 11.3 Å². The number of aromatic nitrogens is 1. The van der Waals surface area contributed by atoms with Crippen LogP contribution in [0.1, 0.15) is 11.3 Å². The van der Waals surface area contributed by atoms with Gasteiger partial charge in [-0.3, -0.25) is 4.79 Å². The fraction of sp³-hybridized carbons (Fsp3) is 0.0435. The van der Waals surface area contributed by atoms with Crippen LogP contribution in [0.3, 0.4) is 0 Å². The molecule has 0 saturated carbocycles. The van der Waals surface area contributed by atoms with Crippen LogP contribution in [0.15, 0.2) is 88.9 Å². The average Bonchev–Trinajstić information content (AvgIpc) is 3.44. The van der Waals surface area contributed by atoms with Gasteiger partial charge in [-0.2, -0.15) is 0 Å². The van der Waals surface area contributed by atoms with Crippen molar-refractivity contribution in [3.8, 4) is 21.8 Å². The molecule has 0 unspecified atom stereocenters. The van der Waals surface area contributed by atoms with Crippen LogP contribution in [0.4, 0.5) is 0 Å². The molecule has 4 nitrogen and oxygen atoms in total. The molecule has 0 fully saturated rings. The zero-order valence-electron chi connectivity index (χ0n) is 15.0. The molecule has 2 heterocycles. The number of benzene rings is 2. The molecule has 2 aromatic heterocycles. The quantitative estimate of drug-likeness (QED) is 0.452. The second-order valence-corrected chi connectivity index (χ2v) is 7.03. The van der Waals surface area contributed by atoms with Gasteiger partial charge < -0.3 is 9.73 Å². The van der Waals surface area contributed by atoms with Crippen LogP contribution >= 0.6 is 11.3 Å². The highest BCUT2D eigenvalue weighted by molar-refractivity contribution is 7.13. The van der Waals surface area contributed by atoms with Crippen molar-refractivity contribution in [2.45, 2.75) is 6.54 Å². The summed E-state index contributed by atoms with van der Waals surface area (Å²) in [5, 5.41) is 5.92. The van der Waals surface area contributed by atoms with Crippen LogP contribution in [0.2, 0.25) is 0 Å². The Balaban J connectivity index is 1.42. The summed E-state index contributed by atoms with van der Waals surface area (Å²) in [7, 11) is 0. The predicted molar refractivity (Wildman–Crippen MR) is 113 cm³/mol. The summed E-state index contributed by atoms with van der Waals surface area (Å²) in [4.78, 5) is 16.7. The van der Waals surface area contributed by atoms with Crippen molar-refractivity contribution in [1.29, 1.82) is 0 Å². The third-order valence-electron chi connectivity index (χ3n) is 4.16. The molecule has 0 atom stereocenters. The van der Waals surface area contributed by atoms with Crippen molar-refractivity contribution in [2.24, 2.45) is 0 Å². The van der Waals surface area contributed by atoms with E-state index in [-0.39, 0.29) is 5.91 Å². The molecule has 0 saturated heterocycles. The molecule has 0 aliphatic heterocycles. The fourth-order valence-corrected chi connectivity index (χ4v) is 3.58. The molecule has 4 aromatic rings. The van der Waals surface area contributed by atoms with Crippen LogP contribution in [0.25, 0.3) is 27.9 Å². The second kappa shape index (κ2) is 8.50. The van der Waals surface area contributed by atoms with Gasteiger partial charge in [0.05, 0.1) is 12.0 Å². The highest BCUT2D eigenvalue weighted by Crippen LogP contribution is 2.29. The number of hydrogen-bond donors (Lipinski definition) is 1. The van der Waals surface area contributed by atoms with Gasteiger partial charge >= 0.3 is 0 Å². The van der Waals surface area contributed by atoms with Gasteiger partial charge in [0, 0.05) is 29.1 Å². The molecule has 0 bridgehead atoms. The Kier molecular flexibility index (Phi) is 5.45. The molecule has 1 N–H and O–H groups in total. The van der Waals surface area contributed by atoms with Gasteiger partial charge in [0.2, 0.25) is 5.91 Å². The fourth-order valence-electron chi connectivity index (χ4n) is 2.75. The van der Waals surface area contributed by atoms with Crippen LogP contribution in [0, 0.1) is 0 Å². The molecule has 0 aliphatic rings. The first-order valence-corrected chi connectivity index (χ1v) is 9.75. The van der Waals surface area contributed by atoms with Gasteiger partial charge in [0.25, 0.3) is 0 Å². The first kappa shape index (κ1) is 17.9. The molecule has 5 heteroatoms. The Bertz CT molecular complexity index is 1080. The summed E-state index contributed by atoms with van der Waals surface area (Å²) in [6, 6.07) is 21.8. The number of carbonyl (C=O) groups is 1. The maximum absolute atomic E-state index is 12.0. The van der Waals surface area contributed by atoms with E-state index < -0.39 is 0 Å². The summed E-state index contributed by atoms with van der Waals surface area (Å²) < 4.78 is 5.17. The van der Waals surface area contributed by atoms with Gasteiger partial charge in [-0.25, -0.2) is 4.98 Å². The number of hydrogen-bond acceptors (Lipinski definition) is 4. The van der Waals surface area contributed by atoms with E-state index in [1.165, 1.54) is 6.08 Å². The Morgan fingerprint density at radius 1 is 1.04 bits per heavy atom. The summed E-state index contributed by atoms with van der Waals surface area (Å²) in [6.45, 7) is 0.450. The number of furan rings is 1. The smallest absolute Gasteiger partial charge is 0.244 e. The van der Waals surface area contributed by atoms with E-state index >= 15 is 0 Å². The van der Waals surface area contributed by atoms with Crippen molar-refractivity contribution in [2.75, 3.05) is 0 Å². The van der Waals surface area contributed by atoms with E-state index in [1.807, 2.05) is 36.4 Å². The van der Waals surface area contributed by atoms with E-state index in [1.54, 1.807) is 35.8 Å². The summed E-state index contributed by atoms with van der Waals surface area (Å²) in [5.41, 5.74) is 4.15. The van der Waals surface area contributed by atoms with Crippen molar-refractivity contribution in [3.05, 3.63) is 95.8 Å². The number of carbonyl (C=O) groups excluding carboxylic acids is 1. The molecular weight excluding hydrogens is 368 g/mol. The molecule has 28 heavy (non-hydrogen) atoms. The lowest BCUT2D eigenvalue weighted by Gasteiger charge is -2.04. The predicted octanol–water partition coefficient (Wildman–Crippen LogP) is 5.40. The lowest BCUT2D eigenvalue weighted by molar-refractivity contribution is -0.116. The average molecular weight is 386 g/mol. The molecule has 4 rings (SSSR count). The van der Waals surface area contributed by atoms with Crippen LogP contribution in [-0.2, 0) is 11.3 Å². The van der Waals surface area contributed by atoms with Gasteiger partial charge in [0.1, 0.15) is 10.8 Å². The molecule has 0 radical (unpaired) electrons. The van der Waals surface area contributed by atoms with Crippen LogP contribution in [0.5, 0.6) is 0 Å². The van der Waals surface area contributed by atoms with Crippen LogP contribution in [-0.4, -0.2) is 10.9 Å². The van der Waals surface area contributed by atoms with Crippen molar-refractivity contribution < 1.29 is 9.21 Å². The Morgan fingerprint density at radius 2 is 1.89 bits per heavy atom. The first-order chi connectivity index (χ1) is 13.8. The topological polar surface area (TPSA) is 55.1 Å². The van der Waals surface area contributed by atoms with Crippen LogP contribution < -0.4 is 5.32 Å². The summed E-state index contributed by atoms with van der Waals surface area (Å²) in [5.74, 6) is 0.484. The summed E-state index contributed by atoms with van der Waals surface area (Å²) >= 11 is 1.62. The molecule has 0 spiro atoms. The van der Waals surface area contributed by atoms with Crippen molar-refractivity contribution in [1.82, 2.24) is 10.3 Å². The maximum Gasteiger partial charge on any atom is 0.244 e. The SMILES string of the molecule is O=C(/C=C/c1ccco1)NCc1cccc(-c2nc(-c3ccccc3)cs2)c1. The monoisotopic (exact) mass is 386 g/mol. The maximum atomic E-state index is 12.0. The van der Waals surface area contributed by atoms with E-state index in [9.17, 15) is 4.79 Å². The normalized spacial score (nSPS) is 11.0. The number of nitrogens with zero attached hydrogens (tertiary/aromatic N) is 1. The number of thiazole rings is 1. The second-order valence-electron chi connectivity index (χ2n) is 6.17. The minimum atomic E-state index is -0.164. The molecule has 138 valence electrons. The van der Waals surface area contributed by atoms with Gasteiger partial charge in [-0.1, -0.05) is 48.5 Å². The minimum absolute atomic E-state index is 0.164. The molecule has 2 aromatic carbocycles. The number of rotatable bonds is 6. The van der Waals surface area contributed by atoms with Gasteiger partial charge in [0.15, 0.2) is 0 Å². The first-order valence-electron chi connectivity index (χ1n) is 8.87. The van der Waals surface area contributed by atoms with E-state index in [0.717, 1.165) is 27.4 Å². The van der Waals surface area contributed by atoms with Crippen molar-refractivity contribution >= 4 is 23.3 Å². The highest BCUT2D eigenvalue weighted by atomic mass is 32.1. The largest absolute Gasteiger partial charge is 0.465 e. The van der Waals surface area contributed by atoms with E-state index in [0.29, 0.717) is 12.3 Å². The van der Waals surface area contributed by atoms with E-state index in [2.05, 4.69) is 28.9 Å². The Labute approximate surface area is 167 Å². The Morgan fingerprint density at radius 3 is 2.71 bits per heavy atom. The highest BCUT2D eigenvalue weighted by Gasteiger charge is 2.07. The molecular formula is C23H18N2O2S. The third-order valence-corrected chi connectivity index (χ3v) is 5.05. The molecule has 1 amide bonds. The zero-order chi connectivity index (χ0) is 19.2. The standard InChI is InChI=1S/C23H18N2O2S/c26-22(12-11-20-10-5-13-27-20)24-15-17-6-4-9-19(14-17)23-25-21(16-28-23)18-7-2-1-3-8-18/h1-14,16H,15H2,(H,24,26)/b12-11+.